The van der Waals surface area contributed by atoms with Crippen molar-refractivity contribution in [2.45, 2.75) is 19.4 Å². The van der Waals surface area contributed by atoms with E-state index in [9.17, 15) is 9.59 Å². The summed E-state index contributed by atoms with van der Waals surface area (Å²) in [6.07, 6.45) is -0.319. The van der Waals surface area contributed by atoms with Gasteiger partial charge in [-0.2, -0.15) is 0 Å². The second-order valence-electron chi connectivity index (χ2n) is 2.89. The number of carbonyl (C=O) groups is 2. The molecule has 1 aliphatic rings. The van der Waals surface area contributed by atoms with Crippen molar-refractivity contribution in [1.29, 1.82) is 0 Å². The van der Waals surface area contributed by atoms with Crippen LogP contribution in [-0.2, 0) is 4.79 Å². The van der Waals surface area contributed by atoms with Crippen molar-refractivity contribution in [3.05, 3.63) is 0 Å². The zero-order chi connectivity index (χ0) is 9.84. The van der Waals surface area contributed by atoms with E-state index < -0.39 is 12.0 Å². The van der Waals surface area contributed by atoms with Gasteiger partial charge in [-0.1, -0.05) is 0 Å². The molecule has 3 amide bonds. The predicted molar refractivity (Wildman–Crippen MR) is 44.5 cm³/mol. The fourth-order valence-electron chi connectivity index (χ4n) is 0.963. The number of hydrogen-bond donors (Lipinski definition) is 3. The van der Waals surface area contributed by atoms with Crippen LogP contribution < -0.4 is 10.7 Å². The molecule has 1 fully saturated rings. The van der Waals surface area contributed by atoms with E-state index in [0.717, 1.165) is 6.42 Å². The van der Waals surface area contributed by atoms with Gasteiger partial charge in [0, 0.05) is 13.1 Å². The maximum atomic E-state index is 11.1. The lowest BCUT2D eigenvalue weighted by atomic mass is 10.3. The van der Waals surface area contributed by atoms with Gasteiger partial charge in [0.05, 0.1) is 0 Å². The van der Waals surface area contributed by atoms with Crippen LogP contribution in [0.4, 0.5) is 4.79 Å². The molecule has 0 radical (unpaired) electrons. The number of amides is 3. The Morgan fingerprint density at radius 2 is 2.46 bits per heavy atom. The Labute approximate surface area is 75.9 Å². The zero-order valence-corrected chi connectivity index (χ0v) is 7.41. The first-order chi connectivity index (χ1) is 6.11. The molecule has 0 aromatic heterocycles. The number of hydrazine groups is 1. The van der Waals surface area contributed by atoms with E-state index >= 15 is 0 Å². The van der Waals surface area contributed by atoms with Crippen molar-refractivity contribution >= 4 is 11.9 Å². The monoisotopic (exact) mass is 187 g/mol. The molecule has 0 aromatic carbocycles. The summed E-state index contributed by atoms with van der Waals surface area (Å²) in [7, 11) is 0. The van der Waals surface area contributed by atoms with Gasteiger partial charge in [-0.3, -0.25) is 10.2 Å². The standard InChI is InChI=1S/C7H13N3O3/c1-5(11)6(12)9-10-4-2-3-8-7(10)13/h5,11H,2-4H2,1H3,(H,8,13)(H,9,12)/t5-/m1/s1. The summed E-state index contributed by atoms with van der Waals surface area (Å²) in [6, 6.07) is -0.333. The summed E-state index contributed by atoms with van der Waals surface area (Å²) in [6.45, 7) is 2.45. The summed E-state index contributed by atoms with van der Waals surface area (Å²) in [5.41, 5.74) is 2.30. The number of aliphatic hydroxyl groups excluding tert-OH is 1. The van der Waals surface area contributed by atoms with Crippen molar-refractivity contribution in [3.63, 3.8) is 0 Å². The quantitative estimate of drug-likeness (QED) is 0.508. The van der Waals surface area contributed by atoms with Crippen LogP contribution in [0.25, 0.3) is 0 Å². The van der Waals surface area contributed by atoms with Gasteiger partial charge < -0.3 is 10.4 Å². The van der Waals surface area contributed by atoms with Gasteiger partial charge in [0.2, 0.25) is 0 Å². The average Bonchev–Trinajstić information content (AvgIpc) is 2.08. The number of urea groups is 1. The van der Waals surface area contributed by atoms with Crippen molar-refractivity contribution in [2.75, 3.05) is 13.1 Å². The number of carbonyl (C=O) groups excluding carboxylic acids is 2. The molecule has 0 saturated carbocycles. The normalized spacial score (nSPS) is 19.2. The molecule has 1 atom stereocenters. The molecule has 6 nitrogen and oxygen atoms in total. The first-order valence-electron chi connectivity index (χ1n) is 4.15. The minimum absolute atomic E-state index is 0.333. The Morgan fingerprint density at radius 3 is 3.00 bits per heavy atom. The molecule has 0 bridgehead atoms. The molecule has 0 unspecified atom stereocenters. The third-order valence-electron chi connectivity index (χ3n) is 1.70. The molecule has 0 aliphatic carbocycles. The van der Waals surface area contributed by atoms with Crippen LogP contribution in [0, 0.1) is 0 Å². The first kappa shape index (κ1) is 9.79. The van der Waals surface area contributed by atoms with Crippen molar-refractivity contribution in [3.8, 4) is 0 Å². The molecule has 0 spiro atoms. The van der Waals surface area contributed by atoms with E-state index in [2.05, 4.69) is 10.7 Å². The van der Waals surface area contributed by atoms with Gasteiger partial charge >= 0.3 is 6.03 Å². The van der Waals surface area contributed by atoms with Crippen LogP contribution in [-0.4, -0.2) is 41.2 Å². The molecule has 6 heteroatoms. The fraction of sp³-hybridized carbons (Fsp3) is 0.714. The summed E-state index contributed by atoms with van der Waals surface area (Å²) >= 11 is 0. The number of nitrogens with zero attached hydrogens (tertiary/aromatic N) is 1. The maximum Gasteiger partial charge on any atom is 0.336 e. The van der Waals surface area contributed by atoms with E-state index in [0.29, 0.717) is 13.1 Å². The van der Waals surface area contributed by atoms with Crippen LogP contribution in [0.2, 0.25) is 0 Å². The largest absolute Gasteiger partial charge is 0.383 e. The molecule has 1 aliphatic heterocycles. The Bertz CT molecular complexity index is 217. The molecule has 1 saturated heterocycles. The molecule has 0 aromatic rings. The van der Waals surface area contributed by atoms with Crippen molar-refractivity contribution in [1.82, 2.24) is 15.8 Å². The summed E-state index contributed by atoms with van der Waals surface area (Å²) < 4.78 is 0. The van der Waals surface area contributed by atoms with E-state index in [-0.39, 0.29) is 6.03 Å². The summed E-state index contributed by atoms with van der Waals surface area (Å²) in [4.78, 5) is 22.0. The highest BCUT2D eigenvalue weighted by Crippen LogP contribution is 1.95. The highest BCUT2D eigenvalue weighted by atomic mass is 16.3. The smallest absolute Gasteiger partial charge is 0.336 e. The zero-order valence-electron chi connectivity index (χ0n) is 7.41. The molecule has 13 heavy (non-hydrogen) atoms. The first-order valence-corrected chi connectivity index (χ1v) is 4.15. The Balaban J connectivity index is 2.43. The number of hydrogen-bond acceptors (Lipinski definition) is 3. The highest BCUT2D eigenvalue weighted by Gasteiger charge is 2.20. The molecule has 3 N–H and O–H groups in total. The average molecular weight is 187 g/mol. The van der Waals surface area contributed by atoms with Crippen LogP contribution in [0.1, 0.15) is 13.3 Å². The third-order valence-corrected chi connectivity index (χ3v) is 1.70. The van der Waals surface area contributed by atoms with Crippen LogP contribution >= 0.6 is 0 Å². The van der Waals surface area contributed by atoms with Gasteiger partial charge in [-0.05, 0) is 13.3 Å². The van der Waals surface area contributed by atoms with E-state index in [1.807, 2.05) is 0 Å². The van der Waals surface area contributed by atoms with Crippen LogP contribution in [0.5, 0.6) is 0 Å². The lowest BCUT2D eigenvalue weighted by molar-refractivity contribution is -0.132. The predicted octanol–water partition coefficient (Wildman–Crippen LogP) is -1.19. The van der Waals surface area contributed by atoms with Gasteiger partial charge in [-0.25, -0.2) is 9.80 Å². The molecular weight excluding hydrogens is 174 g/mol. The molecule has 1 heterocycles. The lowest BCUT2D eigenvalue weighted by Crippen LogP contribution is -2.56. The summed E-state index contributed by atoms with van der Waals surface area (Å²) in [5, 5.41) is 12.6. The van der Waals surface area contributed by atoms with Gasteiger partial charge in [0.1, 0.15) is 6.10 Å². The highest BCUT2D eigenvalue weighted by molar-refractivity contribution is 5.83. The second kappa shape index (κ2) is 4.08. The molecule has 74 valence electrons. The third kappa shape index (κ3) is 2.59. The van der Waals surface area contributed by atoms with Crippen molar-refractivity contribution in [2.24, 2.45) is 0 Å². The number of aliphatic hydroxyl groups is 1. The van der Waals surface area contributed by atoms with E-state index in [4.69, 9.17) is 5.11 Å². The molecular formula is C7H13N3O3. The fourth-order valence-corrected chi connectivity index (χ4v) is 0.963. The lowest BCUT2D eigenvalue weighted by Gasteiger charge is -2.27. The topological polar surface area (TPSA) is 81.7 Å². The second-order valence-corrected chi connectivity index (χ2v) is 2.89. The number of rotatable bonds is 2. The minimum Gasteiger partial charge on any atom is -0.383 e. The van der Waals surface area contributed by atoms with Gasteiger partial charge in [0.15, 0.2) is 0 Å². The van der Waals surface area contributed by atoms with Gasteiger partial charge in [-0.15, -0.1) is 0 Å². The van der Waals surface area contributed by atoms with Crippen LogP contribution in [0.15, 0.2) is 0 Å². The Hall–Kier alpha value is -1.30. The maximum absolute atomic E-state index is 11.1. The van der Waals surface area contributed by atoms with Gasteiger partial charge in [0.25, 0.3) is 5.91 Å². The summed E-state index contributed by atoms with van der Waals surface area (Å²) in [5.74, 6) is -0.572. The van der Waals surface area contributed by atoms with Crippen molar-refractivity contribution < 1.29 is 14.7 Å². The van der Waals surface area contributed by atoms with E-state index in [1.54, 1.807) is 0 Å². The Kier molecular flexibility index (Phi) is 3.07. The van der Waals surface area contributed by atoms with E-state index in [1.165, 1.54) is 11.9 Å². The minimum atomic E-state index is -1.10. The number of nitrogens with one attached hydrogen (secondary N) is 2. The van der Waals surface area contributed by atoms with Crippen LogP contribution in [0.3, 0.4) is 0 Å². The Morgan fingerprint density at radius 1 is 1.77 bits per heavy atom. The molecule has 1 rings (SSSR count). The SMILES string of the molecule is C[C@@H](O)C(=O)NN1CCCNC1=O.